The zero-order valence-electron chi connectivity index (χ0n) is 18.0. The molecule has 0 saturated heterocycles. The largest absolute Gasteiger partial charge is 0.478 e. The van der Waals surface area contributed by atoms with E-state index in [-0.39, 0.29) is 23.7 Å². The van der Waals surface area contributed by atoms with Crippen LogP contribution in [0.1, 0.15) is 36.9 Å². The average Bonchev–Trinajstić information content (AvgIpc) is 2.61. The van der Waals surface area contributed by atoms with Crippen molar-refractivity contribution in [1.29, 1.82) is 0 Å². The van der Waals surface area contributed by atoms with Gasteiger partial charge in [0, 0.05) is 13.4 Å². The summed E-state index contributed by atoms with van der Waals surface area (Å²) in [6, 6.07) is 10.00. The van der Waals surface area contributed by atoms with Gasteiger partial charge in [-0.15, -0.1) is 0 Å². The van der Waals surface area contributed by atoms with Crippen LogP contribution >= 0.6 is 0 Å². The zero-order chi connectivity index (χ0) is 22.7. The van der Waals surface area contributed by atoms with Crippen molar-refractivity contribution in [3.05, 3.63) is 48.0 Å². The molecule has 0 aliphatic rings. The number of nitrogens with two attached hydrogens (primary N) is 1. The van der Waals surface area contributed by atoms with Crippen LogP contribution in [-0.4, -0.2) is 26.0 Å². The van der Waals surface area contributed by atoms with E-state index in [0.717, 1.165) is 12.1 Å². The van der Waals surface area contributed by atoms with Gasteiger partial charge in [0.15, 0.2) is 5.75 Å². The van der Waals surface area contributed by atoms with Crippen molar-refractivity contribution >= 4 is 21.7 Å². The van der Waals surface area contributed by atoms with Crippen molar-refractivity contribution in [2.45, 2.75) is 24.5 Å². The SMILES string of the molecule is [2H]C([2H])([2H])C([2H])([2H])CCNc1cc(C(=O)O)cc(S(N)(=O)=O)c1Oc1ccccc1. The highest BCUT2D eigenvalue weighted by atomic mass is 32.2. The summed E-state index contributed by atoms with van der Waals surface area (Å²) in [5.74, 6) is -1.47. The number of para-hydroxylation sites is 1. The van der Waals surface area contributed by atoms with E-state index in [0.29, 0.717) is 0 Å². The molecule has 0 aromatic heterocycles. The minimum atomic E-state index is -4.40. The predicted octanol–water partition coefficient (Wildman–Crippen LogP) is 3.04. The maximum absolute atomic E-state index is 12.1. The maximum atomic E-state index is 12.1. The topological polar surface area (TPSA) is 119 Å². The van der Waals surface area contributed by atoms with Gasteiger partial charge in [0.2, 0.25) is 10.0 Å². The van der Waals surface area contributed by atoms with E-state index in [4.69, 9.17) is 16.7 Å². The molecule has 0 fully saturated rings. The normalized spacial score (nSPS) is 15.2. The molecule has 25 heavy (non-hydrogen) atoms. The molecule has 0 atom stereocenters. The third-order valence-corrected chi connectivity index (χ3v) is 4.05. The van der Waals surface area contributed by atoms with Crippen molar-refractivity contribution < 1.29 is 29.9 Å². The second kappa shape index (κ2) is 8.00. The Labute approximate surface area is 153 Å². The number of hydrogen-bond acceptors (Lipinski definition) is 5. The zero-order valence-corrected chi connectivity index (χ0v) is 13.8. The summed E-state index contributed by atoms with van der Waals surface area (Å²) in [7, 11) is -4.40. The second-order valence-corrected chi connectivity index (χ2v) is 6.50. The number of primary sulfonamides is 1. The molecular weight excluding hydrogens is 344 g/mol. The number of hydrogen-bond donors (Lipinski definition) is 3. The second-order valence-electron chi connectivity index (χ2n) is 4.97. The predicted molar refractivity (Wildman–Crippen MR) is 94.7 cm³/mol. The van der Waals surface area contributed by atoms with Gasteiger partial charge in [-0.3, -0.25) is 0 Å². The van der Waals surface area contributed by atoms with Crippen molar-refractivity contribution in [1.82, 2.24) is 0 Å². The van der Waals surface area contributed by atoms with Crippen molar-refractivity contribution in [3.63, 3.8) is 0 Å². The van der Waals surface area contributed by atoms with Gasteiger partial charge in [-0.25, -0.2) is 18.4 Å². The van der Waals surface area contributed by atoms with Gasteiger partial charge in [-0.05, 0) is 30.7 Å². The van der Waals surface area contributed by atoms with E-state index in [2.05, 4.69) is 5.32 Å². The van der Waals surface area contributed by atoms with Crippen LogP contribution < -0.4 is 15.2 Å². The average molecular weight is 369 g/mol. The Hall–Kier alpha value is -2.58. The number of benzene rings is 2. The molecule has 134 valence electrons. The van der Waals surface area contributed by atoms with E-state index < -0.39 is 46.1 Å². The molecule has 0 aliphatic heterocycles. The van der Waals surface area contributed by atoms with Crippen LogP contribution in [0.15, 0.2) is 47.4 Å². The summed E-state index contributed by atoms with van der Waals surface area (Å²) in [5, 5.41) is 17.2. The number of carboxylic acid groups (broad SMARTS) is 1. The van der Waals surface area contributed by atoms with E-state index in [1.807, 2.05) is 0 Å². The molecular formula is C17H20N2O5S. The third kappa shape index (κ3) is 4.94. The van der Waals surface area contributed by atoms with Crippen LogP contribution in [0.4, 0.5) is 5.69 Å². The fourth-order valence-corrected chi connectivity index (χ4v) is 2.74. The van der Waals surface area contributed by atoms with Crippen molar-refractivity contribution in [2.75, 3.05) is 11.9 Å². The molecule has 2 aromatic carbocycles. The number of ether oxygens (including phenoxy) is 1. The van der Waals surface area contributed by atoms with Crippen LogP contribution in [0.25, 0.3) is 0 Å². The lowest BCUT2D eigenvalue weighted by Crippen LogP contribution is -2.16. The van der Waals surface area contributed by atoms with Crippen LogP contribution in [0.5, 0.6) is 11.5 Å². The van der Waals surface area contributed by atoms with E-state index >= 15 is 0 Å². The fourth-order valence-electron chi connectivity index (χ4n) is 2.04. The highest BCUT2D eigenvalue weighted by Crippen LogP contribution is 2.37. The minimum Gasteiger partial charge on any atom is -0.478 e. The Morgan fingerprint density at radius 1 is 1.36 bits per heavy atom. The van der Waals surface area contributed by atoms with E-state index in [9.17, 15) is 18.3 Å². The fraction of sp³-hybridized carbons (Fsp3) is 0.235. The molecule has 8 heteroatoms. The quantitative estimate of drug-likeness (QED) is 0.658. The summed E-state index contributed by atoms with van der Waals surface area (Å²) >= 11 is 0. The smallest absolute Gasteiger partial charge is 0.335 e. The molecule has 2 aromatic rings. The lowest BCUT2D eigenvalue weighted by Gasteiger charge is -2.17. The molecule has 0 heterocycles. The van der Waals surface area contributed by atoms with E-state index in [1.54, 1.807) is 18.2 Å². The number of carbonyl (C=O) groups is 1. The van der Waals surface area contributed by atoms with Crippen molar-refractivity contribution in [2.24, 2.45) is 5.14 Å². The first-order valence-corrected chi connectivity index (χ1v) is 8.68. The number of aromatic carboxylic acids is 1. The van der Waals surface area contributed by atoms with Gasteiger partial charge < -0.3 is 15.2 Å². The molecule has 4 N–H and O–H groups in total. The summed E-state index contributed by atoms with van der Waals surface area (Å²) < 4.78 is 66.8. The first-order chi connectivity index (χ1) is 13.7. The molecule has 0 spiro atoms. The van der Waals surface area contributed by atoms with Crippen LogP contribution in [0, 0.1) is 0 Å². The molecule has 7 nitrogen and oxygen atoms in total. The van der Waals surface area contributed by atoms with Gasteiger partial charge in [0.05, 0.1) is 11.3 Å². The lowest BCUT2D eigenvalue weighted by molar-refractivity contribution is 0.0696. The highest BCUT2D eigenvalue weighted by Gasteiger charge is 2.23. The maximum Gasteiger partial charge on any atom is 0.335 e. The number of sulfonamides is 1. The van der Waals surface area contributed by atoms with Crippen LogP contribution in [0.2, 0.25) is 0 Å². The first-order valence-electron chi connectivity index (χ1n) is 9.63. The van der Waals surface area contributed by atoms with Crippen molar-refractivity contribution in [3.8, 4) is 11.5 Å². The molecule has 0 bridgehead atoms. The van der Waals surface area contributed by atoms with Crippen LogP contribution in [0.3, 0.4) is 0 Å². The molecule has 0 aliphatic carbocycles. The Morgan fingerprint density at radius 2 is 2.08 bits per heavy atom. The molecule has 0 saturated carbocycles. The summed E-state index contributed by atoms with van der Waals surface area (Å²) in [5.41, 5.74) is -0.495. The van der Waals surface area contributed by atoms with Gasteiger partial charge in [0.25, 0.3) is 0 Å². The van der Waals surface area contributed by atoms with Gasteiger partial charge in [-0.1, -0.05) is 31.4 Å². The number of nitrogens with one attached hydrogen (secondary N) is 1. The van der Waals surface area contributed by atoms with Gasteiger partial charge in [-0.2, -0.15) is 0 Å². The summed E-state index contributed by atoms with van der Waals surface area (Å²) in [6.45, 7) is -3.11. The molecule has 0 radical (unpaired) electrons. The van der Waals surface area contributed by atoms with Gasteiger partial charge >= 0.3 is 5.97 Å². The molecule has 2 rings (SSSR count). The Morgan fingerprint density at radius 3 is 2.68 bits per heavy atom. The number of rotatable bonds is 8. The van der Waals surface area contributed by atoms with Crippen LogP contribution in [-0.2, 0) is 10.0 Å². The van der Waals surface area contributed by atoms with E-state index in [1.165, 1.54) is 12.1 Å². The Kier molecular flexibility index (Phi) is 4.07. The molecule has 0 unspecified atom stereocenters. The first kappa shape index (κ1) is 12.7. The lowest BCUT2D eigenvalue weighted by atomic mass is 10.1. The number of carboxylic acids is 1. The Balaban J connectivity index is 2.50. The summed E-state index contributed by atoms with van der Waals surface area (Å²) in [4.78, 5) is 10.8. The minimum absolute atomic E-state index is 0.0934. The highest BCUT2D eigenvalue weighted by molar-refractivity contribution is 7.89. The third-order valence-electron chi connectivity index (χ3n) is 3.14. The monoisotopic (exact) mass is 369 g/mol. The molecule has 0 amide bonds. The Bertz CT molecular complexity index is 1030. The van der Waals surface area contributed by atoms with Gasteiger partial charge in [0.1, 0.15) is 10.6 Å². The standard InChI is InChI=1S/C17H20N2O5S/c1-2-3-9-19-14-10-12(17(20)21)11-15(25(18,22)23)16(14)24-13-7-5-4-6-8-13/h4-8,10-11,19H,2-3,9H2,1H3,(H,20,21)(H2,18,22,23)/i1D3,2D2. The summed E-state index contributed by atoms with van der Waals surface area (Å²) in [6.07, 6.45) is -2.98. The number of anilines is 1.